The maximum Gasteiger partial charge on any atom is 0.338 e. The Balaban J connectivity index is 2.72. The summed E-state index contributed by atoms with van der Waals surface area (Å²) in [5.74, 6) is -2.88. The summed E-state index contributed by atoms with van der Waals surface area (Å²) in [6.07, 6.45) is 0. The van der Waals surface area contributed by atoms with Crippen molar-refractivity contribution in [1.29, 1.82) is 0 Å². The van der Waals surface area contributed by atoms with E-state index in [-0.39, 0.29) is 16.8 Å². The Morgan fingerprint density at radius 2 is 1.43 bits per heavy atom. The number of benzene rings is 2. The van der Waals surface area contributed by atoms with Crippen LogP contribution in [0.4, 0.5) is 15.8 Å². The molecule has 0 aliphatic carbocycles. The zero-order chi connectivity index (χ0) is 17.3. The van der Waals surface area contributed by atoms with Crippen LogP contribution in [-0.4, -0.2) is 22.2 Å². The molecular formula is C17H16FNO4. The van der Waals surface area contributed by atoms with E-state index in [1.165, 1.54) is 24.3 Å². The molecule has 0 heterocycles. The van der Waals surface area contributed by atoms with Gasteiger partial charge in [-0.25, -0.2) is 14.0 Å². The molecule has 2 aromatic rings. The predicted molar refractivity (Wildman–Crippen MR) is 84.3 cm³/mol. The van der Waals surface area contributed by atoms with E-state index in [0.29, 0.717) is 22.4 Å². The topological polar surface area (TPSA) is 86.6 Å². The van der Waals surface area contributed by atoms with Crippen LogP contribution in [0.5, 0.6) is 0 Å². The molecule has 0 saturated carbocycles. The molecule has 0 unspecified atom stereocenters. The maximum absolute atomic E-state index is 13.2. The van der Waals surface area contributed by atoms with Gasteiger partial charge < -0.3 is 15.5 Å². The first-order valence-electron chi connectivity index (χ1n) is 6.86. The highest BCUT2D eigenvalue weighted by Gasteiger charge is 2.23. The van der Waals surface area contributed by atoms with Crippen molar-refractivity contribution < 1.29 is 24.2 Å². The minimum atomic E-state index is -1.23. The third kappa shape index (κ3) is 3.15. The van der Waals surface area contributed by atoms with Crippen molar-refractivity contribution >= 4 is 23.3 Å². The van der Waals surface area contributed by atoms with Gasteiger partial charge in [-0.3, -0.25) is 0 Å². The lowest BCUT2D eigenvalue weighted by molar-refractivity contribution is 0.0695. The Morgan fingerprint density at radius 1 is 0.913 bits per heavy atom. The summed E-state index contributed by atoms with van der Waals surface area (Å²) in [6, 6.07) is 5.47. The molecule has 0 aromatic heterocycles. The van der Waals surface area contributed by atoms with Crippen LogP contribution in [0.2, 0.25) is 0 Å². The molecule has 2 rings (SSSR count). The van der Waals surface area contributed by atoms with Crippen LogP contribution in [0.3, 0.4) is 0 Å². The van der Waals surface area contributed by atoms with Crippen LogP contribution in [-0.2, 0) is 0 Å². The molecule has 0 saturated heterocycles. The summed E-state index contributed by atoms with van der Waals surface area (Å²) in [5.41, 5.74) is 1.65. The second-order valence-corrected chi connectivity index (χ2v) is 5.33. The van der Waals surface area contributed by atoms with E-state index in [2.05, 4.69) is 5.32 Å². The zero-order valence-electron chi connectivity index (χ0n) is 12.9. The highest BCUT2D eigenvalue weighted by molar-refractivity contribution is 6.06. The van der Waals surface area contributed by atoms with Crippen LogP contribution in [0.15, 0.2) is 24.3 Å². The fraction of sp³-hybridized carbons (Fsp3) is 0.176. The number of carboxylic acids is 2. The third-order valence-corrected chi connectivity index (χ3v) is 3.60. The Labute approximate surface area is 132 Å². The molecule has 23 heavy (non-hydrogen) atoms. The van der Waals surface area contributed by atoms with Crippen molar-refractivity contribution in [3.05, 3.63) is 57.9 Å². The van der Waals surface area contributed by atoms with Crippen molar-refractivity contribution in [3.63, 3.8) is 0 Å². The van der Waals surface area contributed by atoms with E-state index in [1.807, 2.05) is 0 Å². The van der Waals surface area contributed by atoms with Gasteiger partial charge >= 0.3 is 11.9 Å². The average Bonchev–Trinajstić information content (AvgIpc) is 2.40. The Morgan fingerprint density at radius 3 is 1.87 bits per heavy atom. The second kappa shape index (κ2) is 6.08. The number of nitrogens with one attached hydrogen (secondary N) is 1. The Bertz CT molecular complexity index is 776. The van der Waals surface area contributed by atoms with Crippen molar-refractivity contribution in [2.24, 2.45) is 0 Å². The van der Waals surface area contributed by atoms with Crippen LogP contribution in [0, 0.1) is 26.6 Å². The number of carbonyl (C=O) groups is 2. The minimum absolute atomic E-state index is 0.00259. The Hall–Kier alpha value is -2.89. The number of rotatable bonds is 4. The summed E-state index contributed by atoms with van der Waals surface area (Å²) in [6.45, 7) is 4.85. The molecule has 0 spiro atoms. The molecular weight excluding hydrogens is 301 g/mol. The summed E-state index contributed by atoms with van der Waals surface area (Å²) in [7, 11) is 0. The highest BCUT2D eigenvalue weighted by atomic mass is 19.1. The van der Waals surface area contributed by atoms with E-state index >= 15 is 0 Å². The molecule has 2 aromatic carbocycles. The number of hydrogen-bond donors (Lipinski definition) is 3. The predicted octanol–water partition coefficient (Wildman–Crippen LogP) is 3.89. The van der Waals surface area contributed by atoms with Crippen molar-refractivity contribution in [2.75, 3.05) is 5.32 Å². The van der Waals surface area contributed by atoms with Gasteiger partial charge in [-0.15, -0.1) is 0 Å². The van der Waals surface area contributed by atoms with Gasteiger partial charge in [0, 0.05) is 5.69 Å². The molecule has 0 atom stereocenters. The van der Waals surface area contributed by atoms with Gasteiger partial charge in [0.1, 0.15) is 5.82 Å². The summed E-state index contributed by atoms with van der Waals surface area (Å²) in [5, 5.41) is 21.7. The van der Waals surface area contributed by atoms with Gasteiger partial charge in [0.2, 0.25) is 0 Å². The molecule has 0 aliphatic rings. The van der Waals surface area contributed by atoms with E-state index < -0.39 is 17.8 Å². The van der Waals surface area contributed by atoms with Crippen LogP contribution in [0.25, 0.3) is 0 Å². The number of hydrogen-bond acceptors (Lipinski definition) is 3. The lowest BCUT2D eigenvalue weighted by Crippen LogP contribution is -2.13. The first-order valence-corrected chi connectivity index (χ1v) is 6.86. The third-order valence-electron chi connectivity index (χ3n) is 3.60. The van der Waals surface area contributed by atoms with Crippen molar-refractivity contribution in [3.8, 4) is 0 Å². The van der Waals surface area contributed by atoms with Gasteiger partial charge in [0.25, 0.3) is 0 Å². The quantitative estimate of drug-likeness (QED) is 0.796. The molecule has 120 valence electrons. The Kier molecular flexibility index (Phi) is 4.36. The van der Waals surface area contributed by atoms with Gasteiger partial charge in [0.15, 0.2) is 0 Å². The number of carboxylic acid groups (broad SMARTS) is 2. The number of aromatic carboxylic acids is 2. The van der Waals surface area contributed by atoms with Gasteiger partial charge in [0.05, 0.1) is 16.8 Å². The largest absolute Gasteiger partial charge is 0.478 e. The lowest BCUT2D eigenvalue weighted by atomic mass is 9.96. The molecule has 6 heteroatoms. The molecule has 3 N–H and O–H groups in total. The summed E-state index contributed by atoms with van der Waals surface area (Å²) >= 11 is 0. The van der Waals surface area contributed by atoms with Crippen LogP contribution < -0.4 is 5.32 Å². The SMILES string of the molecule is Cc1cc(F)ccc1Nc1c(C(=O)O)c(C)cc(C)c1C(=O)O. The van der Waals surface area contributed by atoms with Crippen molar-refractivity contribution in [2.45, 2.75) is 20.8 Å². The van der Waals surface area contributed by atoms with Gasteiger partial charge in [-0.1, -0.05) is 6.07 Å². The monoisotopic (exact) mass is 317 g/mol. The number of aryl methyl sites for hydroxylation is 3. The number of halogens is 1. The van der Waals surface area contributed by atoms with E-state index in [0.717, 1.165) is 0 Å². The fourth-order valence-corrected chi connectivity index (χ4v) is 2.57. The second-order valence-electron chi connectivity index (χ2n) is 5.33. The van der Waals surface area contributed by atoms with Crippen molar-refractivity contribution in [1.82, 2.24) is 0 Å². The van der Waals surface area contributed by atoms with E-state index in [9.17, 15) is 24.2 Å². The molecule has 0 radical (unpaired) electrons. The highest BCUT2D eigenvalue weighted by Crippen LogP contribution is 2.32. The first kappa shape index (κ1) is 16.5. The van der Waals surface area contributed by atoms with Gasteiger partial charge in [-0.2, -0.15) is 0 Å². The van der Waals surface area contributed by atoms with E-state index in [4.69, 9.17) is 0 Å². The van der Waals surface area contributed by atoms with Crippen LogP contribution >= 0.6 is 0 Å². The van der Waals surface area contributed by atoms with E-state index in [1.54, 1.807) is 20.8 Å². The first-order chi connectivity index (χ1) is 10.7. The maximum atomic E-state index is 13.2. The molecule has 0 fully saturated rings. The normalized spacial score (nSPS) is 10.4. The van der Waals surface area contributed by atoms with Crippen LogP contribution in [0.1, 0.15) is 37.4 Å². The molecule has 0 bridgehead atoms. The summed E-state index contributed by atoms with van der Waals surface area (Å²) in [4.78, 5) is 23.1. The standard InChI is InChI=1S/C17H16FNO4/c1-8-7-11(18)4-5-12(8)19-15-13(16(20)21)9(2)6-10(3)14(15)17(22)23/h4-7,19H,1-3H3,(H,20,21)(H,22,23). The zero-order valence-corrected chi connectivity index (χ0v) is 12.9. The van der Waals surface area contributed by atoms with Gasteiger partial charge in [-0.05, 0) is 55.7 Å². The molecule has 0 amide bonds. The lowest BCUT2D eigenvalue weighted by Gasteiger charge is -2.18. The minimum Gasteiger partial charge on any atom is -0.478 e. The average molecular weight is 317 g/mol. The molecule has 0 aliphatic heterocycles. The summed E-state index contributed by atoms with van der Waals surface area (Å²) < 4.78 is 13.2. The fourth-order valence-electron chi connectivity index (χ4n) is 2.57. The smallest absolute Gasteiger partial charge is 0.338 e. The number of anilines is 2. The molecule has 5 nitrogen and oxygen atoms in total.